The Morgan fingerprint density at radius 1 is 1.09 bits per heavy atom. The van der Waals surface area contributed by atoms with E-state index in [4.69, 9.17) is 0 Å². The molecule has 0 spiro atoms. The van der Waals surface area contributed by atoms with E-state index in [1.54, 1.807) is 18.2 Å². The van der Waals surface area contributed by atoms with Crippen LogP contribution < -0.4 is 5.43 Å². The quantitative estimate of drug-likeness (QED) is 0.630. The summed E-state index contributed by atoms with van der Waals surface area (Å²) in [5.41, 5.74) is 4.59. The molecule has 0 bridgehead atoms. The number of unbranched alkanes of at least 4 members (excludes halogenated alkanes) is 1. The van der Waals surface area contributed by atoms with Crippen molar-refractivity contribution in [2.45, 2.75) is 26.2 Å². The van der Waals surface area contributed by atoms with E-state index in [2.05, 4.69) is 17.5 Å². The lowest BCUT2D eigenvalue weighted by Gasteiger charge is -2.07. The highest BCUT2D eigenvalue weighted by Gasteiger charge is 2.10. The van der Waals surface area contributed by atoms with Gasteiger partial charge in [-0.3, -0.25) is 4.79 Å². The molecule has 114 valence electrons. The van der Waals surface area contributed by atoms with Crippen molar-refractivity contribution < 1.29 is 9.90 Å². The molecule has 2 N–H and O–H groups in total. The molecule has 4 heteroatoms. The van der Waals surface area contributed by atoms with Gasteiger partial charge in [-0.05, 0) is 30.5 Å². The van der Waals surface area contributed by atoms with E-state index in [1.807, 2.05) is 30.3 Å². The van der Waals surface area contributed by atoms with Crippen molar-refractivity contribution in [1.29, 1.82) is 0 Å². The van der Waals surface area contributed by atoms with Gasteiger partial charge in [-0.1, -0.05) is 55.8 Å². The van der Waals surface area contributed by atoms with Gasteiger partial charge in [-0.2, -0.15) is 5.10 Å². The molecule has 4 nitrogen and oxygen atoms in total. The summed E-state index contributed by atoms with van der Waals surface area (Å²) in [4.78, 5) is 12.1. The van der Waals surface area contributed by atoms with E-state index in [0.717, 1.165) is 30.5 Å². The van der Waals surface area contributed by atoms with Crippen molar-refractivity contribution in [1.82, 2.24) is 5.43 Å². The van der Waals surface area contributed by atoms with Gasteiger partial charge in [0.15, 0.2) is 0 Å². The van der Waals surface area contributed by atoms with Crippen LogP contribution in [0.1, 0.15) is 42.1 Å². The third kappa shape index (κ3) is 4.19. The molecular formula is C18H20N2O2. The second kappa shape index (κ2) is 7.98. The number of nitrogens with one attached hydrogen (secondary N) is 1. The average Bonchev–Trinajstić information content (AvgIpc) is 2.56. The standard InChI is InChI=1S/C18H20N2O2/c1-2-3-12-16(14-9-5-4-6-10-14)19-20-18(22)15-11-7-8-13-17(15)21/h4-11,13,21H,2-3,12H2,1H3,(H,20,22)/b19-16-. The molecule has 2 aromatic carbocycles. The third-order valence-corrected chi connectivity index (χ3v) is 3.32. The van der Waals surface area contributed by atoms with Gasteiger partial charge in [-0.15, -0.1) is 0 Å². The number of rotatable bonds is 6. The van der Waals surface area contributed by atoms with Gasteiger partial charge >= 0.3 is 0 Å². The second-order valence-electron chi connectivity index (χ2n) is 4.99. The Labute approximate surface area is 130 Å². The van der Waals surface area contributed by atoms with E-state index in [1.165, 1.54) is 6.07 Å². The van der Waals surface area contributed by atoms with Crippen LogP contribution in [0.5, 0.6) is 5.75 Å². The number of carbonyl (C=O) groups is 1. The number of para-hydroxylation sites is 1. The number of carbonyl (C=O) groups excluding carboxylic acids is 1. The molecule has 2 aromatic rings. The average molecular weight is 296 g/mol. The number of amides is 1. The molecule has 0 heterocycles. The zero-order valence-corrected chi connectivity index (χ0v) is 12.6. The van der Waals surface area contributed by atoms with Crippen molar-refractivity contribution in [3.05, 3.63) is 65.7 Å². The lowest BCUT2D eigenvalue weighted by molar-refractivity contribution is 0.0952. The van der Waals surface area contributed by atoms with Gasteiger partial charge in [0, 0.05) is 0 Å². The largest absolute Gasteiger partial charge is 0.507 e. The summed E-state index contributed by atoms with van der Waals surface area (Å²) in [7, 11) is 0. The van der Waals surface area contributed by atoms with Gasteiger partial charge < -0.3 is 5.11 Å². The van der Waals surface area contributed by atoms with E-state index in [-0.39, 0.29) is 11.3 Å². The molecule has 0 aliphatic heterocycles. The number of phenols is 1. The normalized spacial score (nSPS) is 11.2. The Morgan fingerprint density at radius 2 is 1.77 bits per heavy atom. The minimum atomic E-state index is -0.414. The predicted molar refractivity (Wildman–Crippen MR) is 88.1 cm³/mol. The molecule has 0 saturated heterocycles. The number of nitrogens with zero attached hydrogens (tertiary/aromatic N) is 1. The fourth-order valence-corrected chi connectivity index (χ4v) is 2.08. The number of hydrogen-bond donors (Lipinski definition) is 2. The van der Waals surface area contributed by atoms with E-state index in [0.29, 0.717) is 0 Å². The summed E-state index contributed by atoms with van der Waals surface area (Å²) in [6.45, 7) is 2.11. The highest BCUT2D eigenvalue weighted by molar-refractivity contribution is 6.02. The van der Waals surface area contributed by atoms with Crippen LogP contribution >= 0.6 is 0 Å². The Bertz CT molecular complexity index is 651. The Kier molecular flexibility index (Phi) is 5.72. The lowest BCUT2D eigenvalue weighted by atomic mass is 10.1. The summed E-state index contributed by atoms with van der Waals surface area (Å²) in [6, 6.07) is 16.2. The van der Waals surface area contributed by atoms with Crippen LogP contribution in [0.4, 0.5) is 0 Å². The van der Waals surface area contributed by atoms with Crippen molar-refractivity contribution in [2.75, 3.05) is 0 Å². The molecule has 2 rings (SSSR count). The van der Waals surface area contributed by atoms with Crippen molar-refractivity contribution in [2.24, 2.45) is 5.10 Å². The zero-order valence-electron chi connectivity index (χ0n) is 12.6. The Hall–Kier alpha value is -2.62. The van der Waals surface area contributed by atoms with Gasteiger partial charge in [0.05, 0.1) is 11.3 Å². The highest BCUT2D eigenvalue weighted by Crippen LogP contribution is 2.15. The topological polar surface area (TPSA) is 61.7 Å². The second-order valence-corrected chi connectivity index (χ2v) is 4.99. The smallest absolute Gasteiger partial charge is 0.275 e. The minimum Gasteiger partial charge on any atom is -0.507 e. The molecule has 22 heavy (non-hydrogen) atoms. The van der Waals surface area contributed by atoms with E-state index in [9.17, 15) is 9.90 Å². The fraction of sp³-hybridized carbons (Fsp3) is 0.222. The van der Waals surface area contributed by atoms with Crippen LogP contribution in [-0.4, -0.2) is 16.7 Å². The molecule has 0 fully saturated rings. The van der Waals surface area contributed by atoms with Crippen molar-refractivity contribution in [3.63, 3.8) is 0 Å². The molecule has 0 unspecified atom stereocenters. The molecule has 0 atom stereocenters. The van der Waals surface area contributed by atoms with Crippen LogP contribution in [-0.2, 0) is 0 Å². The number of aromatic hydroxyl groups is 1. The highest BCUT2D eigenvalue weighted by atomic mass is 16.3. The first-order chi connectivity index (χ1) is 10.7. The molecule has 0 aliphatic rings. The Balaban J connectivity index is 2.16. The third-order valence-electron chi connectivity index (χ3n) is 3.32. The minimum absolute atomic E-state index is 0.0509. The molecule has 0 aromatic heterocycles. The molecular weight excluding hydrogens is 276 g/mol. The number of phenolic OH excluding ortho intramolecular Hbond substituents is 1. The van der Waals surface area contributed by atoms with Crippen molar-refractivity contribution >= 4 is 11.6 Å². The number of benzene rings is 2. The maximum atomic E-state index is 12.1. The van der Waals surface area contributed by atoms with E-state index < -0.39 is 5.91 Å². The van der Waals surface area contributed by atoms with Crippen LogP contribution in [0.25, 0.3) is 0 Å². The monoisotopic (exact) mass is 296 g/mol. The Morgan fingerprint density at radius 3 is 2.45 bits per heavy atom. The first-order valence-electron chi connectivity index (χ1n) is 7.42. The maximum Gasteiger partial charge on any atom is 0.275 e. The summed E-state index contributed by atoms with van der Waals surface area (Å²) >= 11 is 0. The summed E-state index contributed by atoms with van der Waals surface area (Å²) in [5.74, 6) is -0.465. The van der Waals surface area contributed by atoms with Gasteiger partial charge in [0.1, 0.15) is 5.75 Å². The lowest BCUT2D eigenvalue weighted by Crippen LogP contribution is -2.20. The fourth-order valence-electron chi connectivity index (χ4n) is 2.08. The molecule has 0 radical (unpaired) electrons. The van der Waals surface area contributed by atoms with Crippen LogP contribution in [0, 0.1) is 0 Å². The van der Waals surface area contributed by atoms with Gasteiger partial charge in [0.2, 0.25) is 0 Å². The molecule has 1 amide bonds. The first-order valence-corrected chi connectivity index (χ1v) is 7.42. The van der Waals surface area contributed by atoms with Crippen molar-refractivity contribution in [3.8, 4) is 5.75 Å². The molecule has 0 aliphatic carbocycles. The zero-order chi connectivity index (χ0) is 15.8. The van der Waals surface area contributed by atoms with Gasteiger partial charge in [0.25, 0.3) is 5.91 Å². The van der Waals surface area contributed by atoms with Crippen LogP contribution in [0.2, 0.25) is 0 Å². The van der Waals surface area contributed by atoms with Crippen LogP contribution in [0.15, 0.2) is 59.7 Å². The number of hydrogen-bond acceptors (Lipinski definition) is 3. The predicted octanol–water partition coefficient (Wildman–Crippen LogP) is 3.72. The maximum absolute atomic E-state index is 12.1. The summed E-state index contributed by atoms with van der Waals surface area (Å²) in [5, 5.41) is 14.0. The summed E-state index contributed by atoms with van der Waals surface area (Å²) in [6.07, 6.45) is 2.85. The number of hydrazone groups is 1. The van der Waals surface area contributed by atoms with E-state index >= 15 is 0 Å². The first kappa shape index (κ1) is 15.8. The van der Waals surface area contributed by atoms with Crippen LogP contribution in [0.3, 0.4) is 0 Å². The molecule has 0 saturated carbocycles. The summed E-state index contributed by atoms with van der Waals surface area (Å²) < 4.78 is 0. The SMILES string of the molecule is CCCC/C(=N/NC(=O)c1ccccc1O)c1ccccc1. The van der Waals surface area contributed by atoms with Gasteiger partial charge in [-0.25, -0.2) is 5.43 Å².